The first-order valence-electron chi connectivity index (χ1n) is 9.61. The van der Waals surface area contributed by atoms with E-state index in [2.05, 4.69) is 43.0 Å². The molecular formula is C20H29IN6O2. The number of piperazine rings is 1. The molecule has 0 spiro atoms. The number of anilines is 1. The molecule has 0 unspecified atom stereocenters. The third kappa shape index (κ3) is 6.62. The van der Waals surface area contributed by atoms with E-state index in [0.29, 0.717) is 38.0 Å². The monoisotopic (exact) mass is 512 g/mol. The molecule has 3 N–H and O–H groups in total. The number of rotatable bonds is 6. The third-order valence-electron chi connectivity index (χ3n) is 4.58. The van der Waals surface area contributed by atoms with Gasteiger partial charge in [-0.2, -0.15) is 0 Å². The molecule has 0 bridgehead atoms. The number of benzene rings is 1. The van der Waals surface area contributed by atoms with E-state index in [0.717, 1.165) is 35.8 Å². The summed E-state index contributed by atoms with van der Waals surface area (Å²) in [5.41, 5.74) is 3.07. The molecule has 0 atom stereocenters. The van der Waals surface area contributed by atoms with Gasteiger partial charge in [-0.25, -0.2) is 9.98 Å². The Morgan fingerprint density at radius 2 is 2.03 bits per heavy atom. The van der Waals surface area contributed by atoms with Crippen molar-refractivity contribution in [1.29, 1.82) is 0 Å². The van der Waals surface area contributed by atoms with Gasteiger partial charge in [0.1, 0.15) is 5.76 Å². The molecule has 1 amide bonds. The van der Waals surface area contributed by atoms with Crippen molar-refractivity contribution >= 4 is 41.5 Å². The Kier molecular flexibility index (Phi) is 8.74. The third-order valence-corrected chi connectivity index (χ3v) is 4.58. The van der Waals surface area contributed by atoms with E-state index in [4.69, 9.17) is 4.42 Å². The maximum absolute atomic E-state index is 11.5. The van der Waals surface area contributed by atoms with Crippen LogP contribution in [0.2, 0.25) is 0 Å². The van der Waals surface area contributed by atoms with Gasteiger partial charge in [0.25, 0.3) is 0 Å². The Morgan fingerprint density at radius 1 is 1.28 bits per heavy atom. The highest BCUT2D eigenvalue weighted by atomic mass is 127. The van der Waals surface area contributed by atoms with Crippen LogP contribution in [0.15, 0.2) is 33.7 Å². The molecule has 2 aromatic rings. The Morgan fingerprint density at radius 3 is 2.66 bits per heavy atom. The normalized spacial score (nSPS) is 14.2. The van der Waals surface area contributed by atoms with Gasteiger partial charge in [0.15, 0.2) is 5.96 Å². The molecule has 1 aromatic heterocycles. The fourth-order valence-electron chi connectivity index (χ4n) is 2.96. The molecule has 0 aliphatic carbocycles. The van der Waals surface area contributed by atoms with Gasteiger partial charge in [-0.05, 0) is 38.5 Å². The molecule has 158 valence electrons. The molecule has 1 fully saturated rings. The van der Waals surface area contributed by atoms with Crippen molar-refractivity contribution in [3.63, 3.8) is 0 Å². The highest BCUT2D eigenvalue weighted by Gasteiger charge is 2.16. The second kappa shape index (κ2) is 11.0. The summed E-state index contributed by atoms with van der Waals surface area (Å²) in [4.78, 5) is 22.6. The number of nitrogens with zero attached hydrogens (tertiary/aromatic N) is 3. The fourth-order valence-corrected chi connectivity index (χ4v) is 2.96. The highest BCUT2D eigenvalue weighted by Crippen LogP contribution is 2.16. The van der Waals surface area contributed by atoms with Crippen LogP contribution in [-0.4, -0.2) is 43.0 Å². The van der Waals surface area contributed by atoms with Crippen molar-refractivity contribution in [2.75, 3.05) is 31.1 Å². The number of aliphatic imine (C=N–C) groups is 1. The molecular weight excluding hydrogens is 483 g/mol. The van der Waals surface area contributed by atoms with Crippen molar-refractivity contribution in [3.8, 4) is 0 Å². The minimum Gasteiger partial charge on any atom is -0.444 e. The minimum absolute atomic E-state index is 0. The Bertz CT molecular complexity index is 814. The van der Waals surface area contributed by atoms with Crippen LogP contribution in [0, 0.1) is 13.8 Å². The Balaban J connectivity index is 0.00000300. The van der Waals surface area contributed by atoms with Crippen molar-refractivity contribution in [2.45, 2.75) is 33.9 Å². The van der Waals surface area contributed by atoms with E-state index < -0.39 is 0 Å². The molecule has 2 heterocycles. The number of carbonyl (C=O) groups excluding carboxylic acids is 1. The number of hydrogen-bond donors (Lipinski definition) is 3. The van der Waals surface area contributed by atoms with Crippen molar-refractivity contribution in [2.24, 2.45) is 4.99 Å². The molecule has 1 aliphatic rings. The number of aryl methyl sites for hydroxylation is 2. The summed E-state index contributed by atoms with van der Waals surface area (Å²) in [7, 11) is 0. The highest BCUT2D eigenvalue weighted by molar-refractivity contribution is 14.0. The molecule has 0 saturated carbocycles. The van der Waals surface area contributed by atoms with Crippen LogP contribution in [0.1, 0.15) is 29.8 Å². The average molecular weight is 512 g/mol. The van der Waals surface area contributed by atoms with Crippen LogP contribution in [0.25, 0.3) is 0 Å². The van der Waals surface area contributed by atoms with Crippen LogP contribution in [0.3, 0.4) is 0 Å². The lowest BCUT2D eigenvalue weighted by molar-refractivity contribution is -0.120. The second-order valence-corrected chi connectivity index (χ2v) is 6.74. The van der Waals surface area contributed by atoms with E-state index in [9.17, 15) is 4.79 Å². The largest absolute Gasteiger partial charge is 0.444 e. The fraction of sp³-hybridized carbons (Fsp3) is 0.450. The van der Waals surface area contributed by atoms with Crippen LogP contribution >= 0.6 is 24.0 Å². The van der Waals surface area contributed by atoms with Gasteiger partial charge in [0.05, 0.1) is 25.3 Å². The number of carbonyl (C=O) groups is 1. The zero-order chi connectivity index (χ0) is 19.9. The zero-order valence-corrected chi connectivity index (χ0v) is 19.4. The molecule has 0 radical (unpaired) electrons. The molecule has 8 nitrogen and oxygen atoms in total. The summed E-state index contributed by atoms with van der Waals surface area (Å²) < 4.78 is 5.59. The maximum Gasteiger partial charge on any atom is 0.239 e. The summed E-state index contributed by atoms with van der Waals surface area (Å²) in [6.07, 6.45) is 0. The number of hydrogen-bond acceptors (Lipinski definition) is 5. The first kappa shape index (κ1) is 23.0. The minimum atomic E-state index is 0. The van der Waals surface area contributed by atoms with Crippen LogP contribution in [-0.2, 0) is 17.9 Å². The van der Waals surface area contributed by atoms with E-state index in [1.54, 1.807) is 0 Å². The van der Waals surface area contributed by atoms with Gasteiger partial charge in [-0.1, -0.05) is 12.1 Å². The maximum atomic E-state index is 11.5. The van der Waals surface area contributed by atoms with Crippen molar-refractivity contribution in [1.82, 2.24) is 20.9 Å². The number of aromatic nitrogens is 1. The summed E-state index contributed by atoms with van der Waals surface area (Å²) in [6.45, 7) is 9.60. The topological polar surface area (TPSA) is 94.8 Å². The number of oxazole rings is 1. The standard InChI is InChI=1S/C20H28N6O2.HI/c1-4-21-20(24-12-19-25-14(2)15(3)28-19)23-11-16-5-7-17(8-6-16)26-10-9-22-18(27)13-26;/h5-8H,4,9-13H2,1-3H3,(H,22,27)(H2,21,23,24);1H. The van der Waals surface area contributed by atoms with Crippen LogP contribution in [0.5, 0.6) is 0 Å². The molecule has 29 heavy (non-hydrogen) atoms. The lowest BCUT2D eigenvalue weighted by atomic mass is 10.2. The van der Waals surface area contributed by atoms with Crippen LogP contribution in [0.4, 0.5) is 5.69 Å². The van der Waals surface area contributed by atoms with E-state index in [-0.39, 0.29) is 29.9 Å². The summed E-state index contributed by atoms with van der Waals surface area (Å²) in [5.74, 6) is 2.27. The zero-order valence-electron chi connectivity index (χ0n) is 17.1. The Hall–Kier alpha value is -2.30. The predicted molar refractivity (Wildman–Crippen MR) is 125 cm³/mol. The van der Waals surface area contributed by atoms with Gasteiger partial charge in [0, 0.05) is 25.3 Å². The van der Waals surface area contributed by atoms with Gasteiger partial charge < -0.3 is 25.3 Å². The molecule has 1 aliphatic heterocycles. The number of halogens is 1. The summed E-state index contributed by atoms with van der Waals surface area (Å²) >= 11 is 0. The quantitative estimate of drug-likeness (QED) is 0.312. The first-order valence-corrected chi connectivity index (χ1v) is 9.61. The van der Waals surface area contributed by atoms with Gasteiger partial charge in [-0.3, -0.25) is 4.79 Å². The van der Waals surface area contributed by atoms with Gasteiger partial charge in [0.2, 0.25) is 11.8 Å². The van der Waals surface area contributed by atoms with Crippen molar-refractivity contribution < 1.29 is 9.21 Å². The first-order chi connectivity index (χ1) is 13.5. The number of nitrogens with one attached hydrogen (secondary N) is 3. The molecule has 1 saturated heterocycles. The van der Waals surface area contributed by atoms with Gasteiger partial charge >= 0.3 is 0 Å². The number of guanidine groups is 1. The predicted octanol–water partition coefficient (Wildman–Crippen LogP) is 2.10. The Labute approximate surface area is 188 Å². The second-order valence-electron chi connectivity index (χ2n) is 6.74. The molecule has 3 rings (SSSR count). The molecule has 9 heteroatoms. The lowest BCUT2D eigenvalue weighted by Crippen LogP contribution is -2.47. The van der Waals surface area contributed by atoms with E-state index in [1.165, 1.54) is 0 Å². The number of amides is 1. The molecule has 1 aromatic carbocycles. The average Bonchev–Trinajstić information content (AvgIpc) is 3.02. The van der Waals surface area contributed by atoms with Gasteiger partial charge in [-0.15, -0.1) is 24.0 Å². The summed E-state index contributed by atoms with van der Waals surface area (Å²) in [6, 6.07) is 8.19. The van der Waals surface area contributed by atoms with E-state index in [1.807, 2.05) is 32.9 Å². The van der Waals surface area contributed by atoms with Crippen molar-refractivity contribution in [3.05, 3.63) is 47.2 Å². The lowest BCUT2D eigenvalue weighted by Gasteiger charge is -2.28. The van der Waals surface area contributed by atoms with Crippen LogP contribution < -0.4 is 20.9 Å². The van der Waals surface area contributed by atoms with E-state index >= 15 is 0 Å². The SMILES string of the molecule is CCNC(=NCc1ccc(N2CCNC(=O)C2)cc1)NCc1nc(C)c(C)o1.I. The summed E-state index contributed by atoms with van der Waals surface area (Å²) in [5, 5.41) is 9.32. The smallest absolute Gasteiger partial charge is 0.239 e.